The van der Waals surface area contributed by atoms with Crippen molar-refractivity contribution >= 4 is 17.3 Å². The van der Waals surface area contributed by atoms with Gasteiger partial charge in [-0.3, -0.25) is 14.4 Å². The Morgan fingerprint density at radius 1 is 1.41 bits per heavy atom. The van der Waals surface area contributed by atoms with Crippen LogP contribution in [0.25, 0.3) is 0 Å². The molecule has 2 aliphatic carbocycles. The number of allylic oxidation sites excluding steroid dienone is 4. The van der Waals surface area contributed by atoms with Gasteiger partial charge in [0, 0.05) is 12.0 Å². The van der Waals surface area contributed by atoms with Gasteiger partial charge in [0.1, 0.15) is 5.92 Å². The first-order valence-electron chi connectivity index (χ1n) is 5.99. The van der Waals surface area contributed by atoms with Crippen LogP contribution in [-0.2, 0) is 14.4 Å². The van der Waals surface area contributed by atoms with E-state index in [1.54, 1.807) is 12.2 Å². The Morgan fingerprint density at radius 3 is 2.71 bits per heavy atom. The number of Topliss-reactive ketones (excluding diaryl/α,β-unsaturated/α-hetero) is 3. The minimum Gasteiger partial charge on any atom is -0.298 e. The molecule has 2 rings (SSSR count). The Kier molecular flexibility index (Phi) is 3.09. The lowest BCUT2D eigenvalue weighted by Gasteiger charge is -2.09. The zero-order valence-electron chi connectivity index (χ0n) is 10.1. The van der Waals surface area contributed by atoms with E-state index in [0.29, 0.717) is 18.4 Å². The minimum atomic E-state index is -1.02. The number of ketones is 3. The molecular weight excluding hydrogens is 216 g/mol. The van der Waals surface area contributed by atoms with Crippen LogP contribution in [0.2, 0.25) is 0 Å². The van der Waals surface area contributed by atoms with Crippen molar-refractivity contribution in [2.75, 3.05) is 0 Å². The molecule has 0 N–H and O–H groups in total. The highest BCUT2D eigenvalue weighted by Gasteiger charge is 2.48. The predicted octanol–water partition coefficient (Wildman–Crippen LogP) is 1.87. The maximum Gasteiger partial charge on any atom is 0.177 e. The third-order valence-corrected chi connectivity index (χ3v) is 3.27. The minimum absolute atomic E-state index is 0.179. The molecule has 0 amide bonds. The number of carbonyl (C=O) groups excluding carboxylic acids is 3. The van der Waals surface area contributed by atoms with E-state index in [2.05, 4.69) is 0 Å². The maximum absolute atomic E-state index is 12.1. The molecule has 3 heteroatoms. The second-order valence-corrected chi connectivity index (χ2v) is 5.10. The van der Waals surface area contributed by atoms with E-state index < -0.39 is 5.92 Å². The molecule has 2 aliphatic rings. The van der Waals surface area contributed by atoms with Gasteiger partial charge in [-0.05, 0) is 12.3 Å². The van der Waals surface area contributed by atoms with Crippen molar-refractivity contribution in [3.05, 3.63) is 23.8 Å². The molecule has 0 heterocycles. The molecule has 0 aromatic rings. The van der Waals surface area contributed by atoms with E-state index in [9.17, 15) is 14.4 Å². The summed E-state index contributed by atoms with van der Waals surface area (Å²) in [6.07, 6.45) is 6.19. The van der Waals surface area contributed by atoms with Crippen LogP contribution in [0.15, 0.2) is 23.8 Å². The first kappa shape index (κ1) is 12.0. The van der Waals surface area contributed by atoms with E-state index in [0.717, 1.165) is 0 Å². The number of rotatable bonds is 3. The summed E-state index contributed by atoms with van der Waals surface area (Å²) in [5.74, 6) is -1.89. The van der Waals surface area contributed by atoms with Gasteiger partial charge in [0.05, 0.1) is 5.92 Å². The smallest absolute Gasteiger partial charge is 0.177 e. The van der Waals surface area contributed by atoms with Crippen LogP contribution < -0.4 is 0 Å². The van der Waals surface area contributed by atoms with E-state index >= 15 is 0 Å². The lowest BCUT2D eigenvalue weighted by molar-refractivity contribution is -0.136. The standard InChI is InChI=1S/C14H16O3/c1-8(2)7-11(15)12-13(16)9-5-3-4-6-10(9)14(12)17/h3-5,8,10,12H,6-7H2,1-2H3. The van der Waals surface area contributed by atoms with Crippen molar-refractivity contribution in [1.82, 2.24) is 0 Å². The quantitative estimate of drug-likeness (QED) is 0.698. The lowest BCUT2D eigenvalue weighted by atomic mass is 9.91. The molecule has 2 unspecified atom stereocenters. The summed E-state index contributed by atoms with van der Waals surface area (Å²) >= 11 is 0. The number of hydrogen-bond acceptors (Lipinski definition) is 3. The molecule has 0 aliphatic heterocycles. The van der Waals surface area contributed by atoms with Gasteiger partial charge in [-0.25, -0.2) is 0 Å². The van der Waals surface area contributed by atoms with E-state index in [1.165, 1.54) is 0 Å². The zero-order chi connectivity index (χ0) is 12.6. The highest BCUT2D eigenvalue weighted by molar-refractivity contribution is 6.31. The van der Waals surface area contributed by atoms with Crippen molar-refractivity contribution in [3.8, 4) is 0 Å². The molecule has 1 fully saturated rings. The van der Waals surface area contributed by atoms with Crippen molar-refractivity contribution in [2.24, 2.45) is 17.8 Å². The highest BCUT2D eigenvalue weighted by atomic mass is 16.2. The van der Waals surface area contributed by atoms with Crippen LogP contribution >= 0.6 is 0 Å². The zero-order valence-corrected chi connectivity index (χ0v) is 10.1. The van der Waals surface area contributed by atoms with Gasteiger partial charge in [0.2, 0.25) is 0 Å². The molecular formula is C14H16O3. The van der Waals surface area contributed by atoms with Crippen molar-refractivity contribution in [3.63, 3.8) is 0 Å². The Hall–Kier alpha value is -1.51. The molecule has 90 valence electrons. The third-order valence-electron chi connectivity index (χ3n) is 3.27. The van der Waals surface area contributed by atoms with Gasteiger partial charge >= 0.3 is 0 Å². The lowest BCUT2D eigenvalue weighted by Crippen LogP contribution is -2.27. The van der Waals surface area contributed by atoms with Crippen molar-refractivity contribution < 1.29 is 14.4 Å². The first-order chi connectivity index (χ1) is 8.02. The van der Waals surface area contributed by atoms with Crippen LogP contribution in [0.4, 0.5) is 0 Å². The molecule has 0 spiro atoms. The van der Waals surface area contributed by atoms with Gasteiger partial charge < -0.3 is 0 Å². The Morgan fingerprint density at radius 2 is 2.12 bits per heavy atom. The fourth-order valence-electron chi connectivity index (χ4n) is 2.47. The summed E-state index contributed by atoms with van der Waals surface area (Å²) in [6, 6.07) is 0. The molecule has 3 nitrogen and oxygen atoms in total. The van der Waals surface area contributed by atoms with Crippen LogP contribution in [0.1, 0.15) is 26.7 Å². The van der Waals surface area contributed by atoms with Crippen LogP contribution in [0.3, 0.4) is 0 Å². The predicted molar refractivity (Wildman–Crippen MR) is 63.3 cm³/mol. The maximum atomic E-state index is 12.1. The summed E-state index contributed by atoms with van der Waals surface area (Å²) in [7, 11) is 0. The Bertz CT molecular complexity index is 440. The topological polar surface area (TPSA) is 51.2 Å². The third kappa shape index (κ3) is 2.02. The first-order valence-corrected chi connectivity index (χ1v) is 5.99. The highest BCUT2D eigenvalue weighted by Crippen LogP contribution is 2.35. The van der Waals surface area contributed by atoms with E-state index in [4.69, 9.17) is 0 Å². The van der Waals surface area contributed by atoms with Crippen molar-refractivity contribution in [2.45, 2.75) is 26.7 Å². The molecule has 17 heavy (non-hydrogen) atoms. The Balaban J connectivity index is 2.24. The summed E-state index contributed by atoms with van der Waals surface area (Å²) in [4.78, 5) is 36.0. The number of hydrogen-bond donors (Lipinski definition) is 0. The van der Waals surface area contributed by atoms with Gasteiger partial charge in [-0.1, -0.05) is 32.1 Å². The fourth-order valence-corrected chi connectivity index (χ4v) is 2.47. The fraction of sp³-hybridized carbons (Fsp3) is 0.500. The summed E-state index contributed by atoms with van der Waals surface area (Å²) in [5.41, 5.74) is 0.527. The molecule has 0 aromatic heterocycles. The molecule has 0 aromatic carbocycles. The summed E-state index contributed by atoms with van der Waals surface area (Å²) in [6.45, 7) is 3.82. The molecule has 2 atom stereocenters. The largest absolute Gasteiger partial charge is 0.298 e. The molecule has 0 bridgehead atoms. The van der Waals surface area contributed by atoms with Gasteiger partial charge in [-0.15, -0.1) is 0 Å². The van der Waals surface area contributed by atoms with Gasteiger partial charge in [0.15, 0.2) is 17.3 Å². The second-order valence-electron chi connectivity index (χ2n) is 5.10. The Labute approximate surface area is 101 Å². The monoisotopic (exact) mass is 232 g/mol. The normalized spacial score (nSPS) is 27.4. The van der Waals surface area contributed by atoms with Crippen molar-refractivity contribution in [1.29, 1.82) is 0 Å². The average Bonchev–Trinajstić information content (AvgIpc) is 2.51. The van der Waals surface area contributed by atoms with Crippen LogP contribution in [0.5, 0.6) is 0 Å². The summed E-state index contributed by atoms with van der Waals surface area (Å²) in [5, 5.41) is 0. The van der Waals surface area contributed by atoms with Crippen LogP contribution in [-0.4, -0.2) is 17.3 Å². The SMILES string of the molecule is CC(C)CC(=O)C1C(=O)C2=CC=CCC2C1=O. The van der Waals surface area contributed by atoms with Crippen LogP contribution in [0, 0.1) is 17.8 Å². The average molecular weight is 232 g/mol. The molecule has 1 saturated carbocycles. The van der Waals surface area contributed by atoms with E-state index in [1.807, 2.05) is 19.9 Å². The summed E-state index contributed by atoms with van der Waals surface area (Å²) < 4.78 is 0. The van der Waals surface area contributed by atoms with E-state index in [-0.39, 0.29) is 29.2 Å². The number of fused-ring (bicyclic) bond motifs is 1. The molecule has 0 radical (unpaired) electrons. The van der Waals surface area contributed by atoms with Gasteiger partial charge in [-0.2, -0.15) is 0 Å². The number of carbonyl (C=O) groups is 3. The second kappa shape index (κ2) is 4.40. The molecule has 0 saturated heterocycles. The van der Waals surface area contributed by atoms with Gasteiger partial charge in [0.25, 0.3) is 0 Å².